The Bertz CT molecular complexity index is 814. The molecule has 0 fully saturated rings. The van der Waals surface area contributed by atoms with Crippen molar-refractivity contribution >= 4 is 16.9 Å². The fraction of sp³-hybridized carbons (Fsp3) is 0.176. The van der Waals surface area contributed by atoms with E-state index in [0.717, 1.165) is 22.0 Å². The summed E-state index contributed by atoms with van der Waals surface area (Å²) in [4.78, 5) is 8.43. The number of nitrogens with two attached hydrogens (primary N) is 1. The van der Waals surface area contributed by atoms with Crippen molar-refractivity contribution in [1.29, 1.82) is 0 Å². The van der Waals surface area contributed by atoms with Crippen molar-refractivity contribution in [2.45, 2.75) is 20.0 Å². The van der Waals surface area contributed by atoms with Crippen molar-refractivity contribution in [3.63, 3.8) is 0 Å². The van der Waals surface area contributed by atoms with E-state index in [1.807, 2.05) is 44.2 Å². The molecule has 0 atom stereocenters. The molecule has 0 aliphatic rings. The third-order valence-corrected chi connectivity index (χ3v) is 3.23. The van der Waals surface area contributed by atoms with E-state index < -0.39 is 0 Å². The summed E-state index contributed by atoms with van der Waals surface area (Å²) in [6, 6.07) is 12.9. The van der Waals surface area contributed by atoms with E-state index in [1.165, 1.54) is 0 Å². The summed E-state index contributed by atoms with van der Waals surface area (Å²) >= 11 is 0. The van der Waals surface area contributed by atoms with Crippen LogP contribution in [0.4, 0.5) is 5.95 Å². The number of ether oxygens (including phenoxy) is 1. The number of fused-ring (bicyclic) bond motifs is 1. The van der Waals surface area contributed by atoms with Crippen LogP contribution in [0.25, 0.3) is 22.0 Å². The normalized spacial score (nSPS) is 11.0. The SMILES string of the molecule is CC(C)Oc1nc(N)nc2ccc(-c3ccc(O)cc3)cc12. The fourth-order valence-corrected chi connectivity index (χ4v) is 2.26. The lowest BCUT2D eigenvalue weighted by atomic mass is 10.0. The third-order valence-electron chi connectivity index (χ3n) is 3.23. The first kappa shape index (κ1) is 14.1. The largest absolute Gasteiger partial charge is 0.508 e. The molecule has 3 aromatic rings. The van der Waals surface area contributed by atoms with Gasteiger partial charge in [0.25, 0.3) is 0 Å². The standard InChI is InChI=1S/C17H17N3O2/c1-10(2)22-16-14-9-12(11-3-6-13(21)7-4-11)5-8-15(14)19-17(18)20-16/h3-10,21H,1-2H3,(H2,18,19,20). The van der Waals surface area contributed by atoms with Gasteiger partial charge in [0.05, 0.1) is 17.0 Å². The van der Waals surface area contributed by atoms with Crippen molar-refractivity contribution in [2.24, 2.45) is 0 Å². The van der Waals surface area contributed by atoms with Gasteiger partial charge in [-0.1, -0.05) is 18.2 Å². The molecule has 0 aliphatic carbocycles. The lowest BCUT2D eigenvalue weighted by Crippen LogP contribution is -2.09. The van der Waals surface area contributed by atoms with Crippen LogP contribution in [-0.4, -0.2) is 21.2 Å². The second-order valence-corrected chi connectivity index (χ2v) is 5.33. The number of aromatic hydroxyl groups is 1. The number of anilines is 1. The molecule has 112 valence electrons. The van der Waals surface area contributed by atoms with Crippen molar-refractivity contribution in [2.75, 3.05) is 5.73 Å². The molecular weight excluding hydrogens is 278 g/mol. The van der Waals surface area contributed by atoms with E-state index in [4.69, 9.17) is 10.5 Å². The maximum atomic E-state index is 9.40. The Balaban J connectivity index is 2.15. The lowest BCUT2D eigenvalue weighted by molar-refractivity contribution is 0.236. The second kappa shape index (κ2) is 5.52. The van der Waals surface area contributed by atoms with Crippen LogP contribution in [0.5, 0.6) is 11.6 Å². The first-order valence-electron chi connectivity index (χ1n) is 7.06. The molecule has 0 aliphatic heterocycles. The van der Waals surface area contributed by atoms with Crippen molar-refractivity contribution in [3.05, 3.63) is 42.5 Å². The van der Waals surface area contributed by atoms with Gasteiger partial charge in [-0.2, -0.15) is 4.98 Å². The highest BCUT2D eigenvalue weighted by molar-refractivity contribution is 5.89. The van der Waals surface area contributed by atoms with E-state index in [2.05, 4.69) is 9.97 Å². The minimum Gasteiger partial charge on any atom is -0.508 e. The number of nitrogens with zero attached hydrogens (tertiary/aromatic N) is 2. The quantitative estimate of drug-likeness (QED) is 0.774. The van der Waals surface area contributed by atoms with E-state index >= 15 is 0 Å². The van der Waals surface area contributed by atoms with Crippen molar-refractivity contribution in [1.82, 2.24) is 9.97 Å². The number of phenolic OH excluding ortho intramolecular Hbond substituents is 1. The molecule has 0 bridgehead atoms. The van der Waals surface area contributed by atoms with Gasteiger partial charge in [0.15, 0.2) is 0 Å². The molecule has 5 nitrogen and oxygen atoms in total. The molecule has 2 aromatic carbocycles. The Morgan fingerprint density at radius 3 is 2.36 bits per heavy atom. The highest BCUT2D eigenvalue weighted by Crippen LogP contribution is 2.30. The number of benzene rings is 2. The summed E-state index contributed by atoms with van der Waals surface area (Å²) in [6.45, 7) is 3.88. The predicted octanol–water partition coefficient (Wildman–Crippen LogP) is 3.37. The molecule has 0 unspecified atom stereocenters. The predicted molar refractivity (Wildman–Crippen MR) is 86.8 cm³/mol. The second-order valence-electron chi connectivity index (χ2n) is 5.33. The summed E-state index contributed by atoms with van der Waals surface area (Å²) < 4.78 is 5.75. The zero-order valence-electron chi connectivity index (χ0n) is 12.4. The molecule has 1 heterocycles. The Labute approximate surface area is 128 Å². The fourth-order valence-electron chi connectivity index (χ4n) is 2.26. The molecule has 0 spiro atoms. The highest BCUT2D eigenvalue weighted by Gasteiger charge is 2.10. The number of phenols is 1. The topological polar surface area (TPSA) is 81.3 Å². The van der Waals surface area contributed by atoms with Crippen LogP contribution in [0.1, 0.15) is 13.8 Å². The summed E-state index contributed by atoms with van der Waals surface area (Å²) in [5.41, 5.74) is 8.47. The van der Waals surface area contributed by atoms with E-state index in [-0.39, 0.29) is 17.8 Å². The first-order valence-corrected chi connectivity index (χ1v) is 7.06. The van der Waals surface area contributed by atoms with Gasteiger partial charge in [0, 0.05) is 0 Å². The van der Waals surface area contributed by atoms with Gasteiger partial charge in [-0.25, -0.2) is 4.98 Å². The van der Waals surface area contributed by atoms with Crippen LogP contribution in [0.2, 0.25) is 0 Å². The van der Waals surface area contributed by atoms with Crippen LogP contribution < -0.4 is 10.5 Å². The molecule has 0 radical (unpaired) electrons. The number of rotatable bonds is 3. The zero-order valence-corrected chi connectivity index (χ0v) is 12.4. The highest BCUT2D eigenvalue weighted by atomic mass is 16.5. The molecule has 5 heteroatoms. The van der Waals surface area contributed by atoms with Gasteiger partial charge >= 0.3 is 0 Å². The minimum atomic E-state index is -0.00479. The smallest absolute Gasteiger partial charge is 0.226 e. The molecule has 22 heavy (non-hydrogen) atoms. The summed E-state index contributed by atoms with van der Waals surface area (Å²) in [6.07, 6.45) is -0.00479. The summed E-state index contributed by atoms with van der Waals surface area (Å²) in [5, 5.41) is 10.2. The Morgan fingerprint density at radius 2 is 1.68 bits per heavy atom. The van der Waals surface area contributed by atoms with Crippen LogP contribution in [-0.2, 0) is 0 Å². The molecule has 3 N–H and O–H groups in total. The van der Waals surface area contributed by atoms with Crippen LogP contribution in [0, 0.1) is 0 Å². The van der Waals surface area contributed by atoms with Gasteiger partial charge in [-0.3, -0.25) is 0 Å². The van der Waals surface area contributed by atoms with E-state index in [1.54, 1.807) is 12.1 Å². The number of hydrogen-bond acceptors (Lipinski definition) is 5. The molecule has 3 rings (SSSR count). The lowest BCUT2D eigenvalue weighted by Gasteiger charge is -2.12. The maximum Gasteiger partial charge on any atom is 0.226 e. The number of aromatic nitrogens is 2. The Morgan fingerprint density at radius 1 is 1.00 bits per heavy atom. The monoisotopic (exact) mass is 295 g/mol. The number of nitrogen functional groups attached to an aromatic ring is 1. The molecule has 0 amide bonds. The van der Waals surface area contributed by atoms with Crippen molar-refractivity contribution < 1.29 is 9.84 Å². The van der Waals surface area contributed by atoms with E-state index in [0.29, 0.717) is 5.88 Å². The molecule has 0 saturated heterocycles. The van der Waals surface area contributed by atoms with E-state index in [9.17, 15) is 5.11 Å². The summed E-state index contributed by atoms with van der Waals surface area (Å²) in [5.74, 6) is 0.920. The van der Waals surface area contributed by atoms with Gasteiger partial charge in [0.2, 0.25) is 11.8 Å². The summed E-state index contributed by atoms with van der Waals surface area (Å²) in [7, 11) is 0. The Hall–Kier alpha value is -2.82. The van der Waals surface area contributed by atoms with Gasteiger partial charge in [-0.15, -0.1) is 0 Å². The van der Waals surface area contributed by atoms with Crippen LogP contribution in [0.3, 0.4) is 0 Å². The number of hydrogen-bond donors (Lipinski definition) is 2. The van der Waals surface area contributed by atoms with Crippen molar-refractivity contribution in [3.8, 4) is 22.8 Å². The molecule has 1 aromatic heterocycles. The Kier molecular flexibility index (Phi) is 3.55. The maximum absolute atomic E-state index is 9.40. The van der Waals surface area contributed by atoms with Crippen LogP contribution in [0.15, 0.2) is 42.5 Å². The average Bonchev–Trinajstić information content (AvgIpc) is 2.47. The third kappa shape index (κ3) is 2.79. The van der Waals surface area contributed by atoms with Gasteiger partial charge < -0.3 is 15.6 Å². The molecule has 0 saturated carbocycles. The first-order chi connectivity index (χ1) is 10.5. The van der Waals surface area contributed by atoms with Crippen LogP contribution >= 0.6 is 0 Å². The van der Waals surface area contributed by atoms with Gasteiger partial charge in [-0.05, 0) is 49.2 Å². The zero-order chi connectivity index (χ0) is 15.7. The molecular formula is C17H17N3O2. The average molecular weight is 295 g/mol. The minimum absolute atomic E-state index is 0.00479. The van der Waals surface area contributed by atoms with Gasteiger partial charge in [0.1, 0.15) is 5.75 Å².